The zero-order valence-corrected chi connectivity index (χ0v) is 18.7. The van der Waals surface area contributed by atoms with E-state index in [4.69, 9.17) is 4.74 Å². The predicted molar refractivity (Wildman–Crippen MR) is 122 cm³/mol. The van der Waals surface area contributed by atoms with Gasteiger partial charge < -0.3 is 10.1 Å². The fourth-order valence-electron chi connectivity index (χ4n) is 6.75. The zero-order valence-electron chi connectivity index (χ0n) is 18.7. The number of rotatable bonds is 13. The van der Waals surface area contributed by atoms with Gasteiger partial charge in [-0.3, -0.25) is 4.79 Å². The van der Waals surface area contributed by atoms with E-state index in [1.54, 1.807) is 0 Å². The Kier molecular flexibility index (Phi) is 7.87. The van der Waals surface area contributed by atoms with E-state index in [2.05, 4.69) is 35.6 Å². The molecule has 0 saturated heterocycles. The number of amides is 1. The van der Waals surface area contributed by atoms with Crippen molar-refractivity contribution >= 4 is 5.91 Å². The third-order valence-electron chi connectivity index (χ3n) is 7.73. The lowest BCUT2D eigenvalue weighted by molar-refractivity contribution is -0.127. The summed E-state index contributed by atoms with van der Waals surface area (Å²) in [5.41, 5.74) is 1.60. The largest absolute Gasteiger partial charge is 0.381 e. The number of aryl methyl sites for hydroxylation is 1. The topological polar surface area (TPSA) is 38.3 Å². The highest BCUT2D eigenvalue weighted by Crippen LogP contribution is 2.55. The van der Waals surface area contributed by atoms with Gasteiger partial charge in [-0.2, -0.15) is 0 Å². The Balaban J connectivity index is 0.974. The smallest absolute Gasteiger partial charge is 0.220 e. The van der Waals surface area contributed by atoms with E-state index in [0.717, 1.165) is 63.1 Å². The molecule has 0 aromatic heterocycles. The Hall–Kier alpha value is -1.35. The van der Waals surface area contributed by atoms with Crippen molar-refractivity contribution in [2.45, 2.75) is 95.4 Å². The van der Waals surface area contributed by atoms with Gasteiger partial charge >= 0.3 is 0 Å². The molecule has 1 aromatic carbocycles. The van der Waals surface area contributed by atoms with Gasteiger partial charge in [0.05, 0.1) is 0 Å². The Morgan fingerprint density at radius 1 is 0.833 bits per heavy atom. The number of hydrogen-bond donors (Lipinski definition) is 1. The molecule has 0 spiro atoms. The predicted octanol–water partition coefficient (Wildman–Crippen LogP) is 6.06. The number of benzene rings is 1. The molecular formula is C27H41NO2. The second kappa shape index (κ2) is 10.8. The van der Waals surface area contributed by atoms with Crippen molar-refractivity contribution in [3.05, 3.63) is 35.9 Å². The Labute approximate surface area is 183 Å². The molecule has 1 aromatic rings. The number of carbonyl (C=O) groups excluding carboxylic acids is 1. The summed E-state index contributed by atoms with van der Waals surface area (Å²) in [4.78, 5) is 12.5. The molecule has 166 valence electrons. The molecule has 0 heterocycles. The lowest BCUT2D eigenvalue weighted by Crippen LogP contribution is -2.59. The van der Waals surface area contributed by atoms with Gasteiger partial charge in [-0.1, -0.05) is 43.2 Å². The summed E-state index contributed by atoms with van der Waals surface area (Å²) in [7, 11) is 0. The van der Waals surface area contributed by atoms with Crippen LogP contribution in [0.25, 0.3) is 0 Å². The van der Waals surface area contributed by atoms with Gasteiger partial charge in [0, 0.05) is 25.2 Å². The zero-order chi connectivity index (χ0) is 20.7. The molecular weight excluding hydrogens is 370 g/mol. The van der Waals surface area contributed by atoms with Gasteiger partial charge in [0.2, 0.25) is 5.91 Å². The second-order valence-electron chi connectivity index (χ2n) is 10.5. The van der Waals surface area contributed by atoms with Crippen molar-refractivity contribution in [2.24, 2.45) is 17.8 Å². The minimum atomic E-state index is 0.181. The molecule has 1 N–H and O–H groups in total. The lowest BCUT2D eigenvalue weighted by Gasteiger charge is -2.56. The highest BCUT2D eigenvalue weighted by Gasteiger charge is 2.51. The van der Waals surface area contributed by atoms with E-state index in [1.807, 2.05) is 0 Å². The number of ether oxygens (including phenoxy) is 1. The molecule has 1 amide bonds. The first-order valence-corrected chi connectivity index (χ1v) is 12.6. The molecule has 5 rings (SSSR count). The van der Waals surface area contributed by atoms with Crippen molar-refractivity contribution in [1.82, 2.24) is 5.32 Å². The van der Waals surface area contributed by atoms with Crippen LogP contribution in [0.1, 0.15) is 89.0 Å². The van der Waals surface area contributed by atoms with Crippen LogP contribution in [0, 0.1) is 17.8 Å². The van der Waals surface area contributed by atoms with Gasteiger partial charge in [-0.05, 0) is 93.9 Å². The summed E-state index contributed by atoms with van der Waals surface area (Å²) in [6.07, 6.45) is 16.7. The average molecular weight is 412 g/mol. The lowest BCUT2D eigenvalue weighted by atomic mass is 9.53. The molecule has 0 radical (unpaired) electrons. The number of hydrogen-bond acceptors (Lipinski definition) is 2. The fourth-order valence-corrected chi connectivity index (χ4v) is 6.75. The van der Waals surface area contributed by atoms with Crippen LogP contribution < -0.4 is 5.32 Å². The molecule has 4 aliphatic rings. The van der Waals surface area contributed by atoms with Crippen molar-refractivity contribution in [3.63, 3.8) is 0 Å². The van der Waals surface area contributed by atoms with Crippen LogP contribution in [0.3, 0.4) is 0 Å². The number of unbranched alkanes of at least 4 members (excludes halogenated alkanes) is 4. The normalized spacial score (nSPS) is 29.3. The Morgan fingerprint density at radius 3 is 2.10 bits per heavy atom. The Bertz CT molecular complexity index is 621. The molecule has 0 unspecified atom stereocenters. The van der Waals surface area contributed by atoms with Crippen LogP contribution in [-0.2, 0) is 16.0 Å². The highest BCUT2D eigenvalue weighted by molar-refractivity contribution is 5.76. The quantitative estimate of drug-likeness (QED) is 0.401. The molecule has 3 heteroatoms. The van der Waals surface area contributed by atoms with Crippen LogP contribution in [0.4, 0.5) is 0 Å². The number of carbonyl (C=O) groups is 1. The van der Waals surface area contributed by atoms with Gasteiger partial charge in [0.25, 0.3) is 0 Å². The Morgan fingerprint density at radius 2 is 1.43 bits per heavy atom. The first kappa shape index (κ1) is 21.9. The first-order valence-electron chi connectivity index (χ1n) is 12.6. The van der Waals surface area contributed by atoms with Gasteiger partial charge in [0.1, 0.15) is 0 Å². The standard InChI is InChI=1S/C27H41NO2/c29-26(28-27-19-23-16-24(20-27)18-25(17-23)21-27)13-6-1-2-8-14-30-15-9-7-12-22-10-4-3-5-11-22/h3-5,10-11,23-25H,1-2,6-9,12-21H2,(H,28,29). The van der Waals surface area contributed by atoms with Crippen molar-refractivity contribution in [3.8, 4) is 0 Å². The van der Waals surface area contributed by atoms with Gasteiger partial charge in [-0.25, -0.2) is 0 Å². The summed E-state index contributed by atoms with van der Waals surface area (Å²) >= 11 is 0. The fraction of sp³-hybridized carbons (Fsp3) is 0.741. The SMILES string of the molecule is O=C(CCCCCCOCCCCc1ccccc1)NC12CC3CC(CC(C3)C1)C2. The third-order valence-corrected chi connectivity index (χ3v) is 7.73. The second-order valence-corrected chi connectivity index (χ2v) is 10.5. The van der Waals surface area contributed by atoms with E-state index in [1.165, 1.54) is 56.9 Å². The van der Waals surface area contributed by atoms with E-state index < -0.39 is 0 Å². The highest BCUT2D eigenvalue weighted by atomic mass is 16.5. The third kappa shape index (κ3) is 6.33. The van der Waals surface area contributed by atoms with Gasteiger partial charge in [0.15, 0.2) is 0 Å². The summed E-state index contributed by atoms with van der Waals surface area (Å²) in [5, 5.41) is 3.50. The first-order chi connectivity index (χ1) is 14.7. The molecule has 3 nitrogen and oxygen atoms in total. The van der Waals surface area contributed by atoms with Crippen LogP contribution >= 0.6 is 0 Å². The van der Waals surface area contributed by atoms with E-state index >= 15 is 0 Å². The van der Waals surface area contributed by atoms with Crippen LogP contribution in [0.5, 0.6) is 0 Å². The summed E-state index contributed by atoms with van der Waals surface area (Å²) < 4.78 is 5.78. The summed E-state index contributed by atoms with van der Waals surface area (Å²) in [5.74, 6) is 3.01. The van der Waals surface area contributed by atoms with Crippen LogP contribution in [0.15, 0.2) is 30.3 Å². The van der Waals surface area contributed by atoms with E-state index in [0.29, 0.717) is 12.3 Å². The minimum Gasteiger partial charge on any atom is -0.381 e. The van der Waals surface area contributed by atoms with E-state index in [9.17, 15) is 4.79 Å². The molecule has 0 atom stereocenters. The average Bonchev–Trinajstić information content (AvgIpc) is 2.71. The summed E-state index contributed by atoms with van der Waals surface area (Å²) in [6.45, 7) is 1.74. The molecule has 4 fully saturated rings. The van der Waals surface area contributed by atoms with Crippen LogP contribution in [-0.4, -0.2) is 24.7 Å². The maximum Gasteiger partial charge on any atom is 0.220 e. The van der Waals surface area contributed by atoms with Crippen LogP contribution in [0.2, 0.25) is 0 Å². The summed E-state index contributed by atoms with van der Waals surface area (Å²) in [6, 6.07) is 10.7. The molecule has 30 heavy (non-hydrogen) atoms. The minimum absolute atomic E-state index is 0.181. The molecule has 4 saturated carbocycles. The molecule has 4 bridgehead atoms. The van der Waals surface area contributed by atoms with Crippen molar-refractivity contribution in [1.29, 1.82) is 0 Å². The monoisotopic (exact) mass is 411 g/mol. The molecule has 0 aliphatic heterocycles. The van der Waals surface area contributed by atoms with Crippen molar-refractivity contribution in [2.75, 3.05) is 13.2 Å². The van der Waals surface area contributed by atoms with Crippen molar-refractivity contribution < 1.29 is 9.53 Å². The van der Waals surface area contributed by atoms with Gasteiger partial charge in [-0.15, -0.1) is 0 Å². The number of nitrogens with one attached hydrogen (secondary N) is 1. The maximum absolute atomic E-state index is 12.5. The maximum atomic E-state index is 12.5. The molecule has 4 aliphatic carbocycles. The van der Waals surface area contributed by atoms with E-state index in [-0.39, 0.29) is 5.54 Å².